The Kier molecular flexibility index (Phi) is 3.78. The molecule has 0 unspecified atom stereocenters. The summed E-state index contributed by atoms with van der Waals surface area (Å²) < 4.78 is 0. The number of carboxylic acid groups (broad SMARTS) is 1. The van der Waals surface area contributed by atoms with Crippen molar-refractivity contribution in [3.8, 4) is 0 Å². The standard InChI is InChI=1S/C10H13N3O4S/c14-8(12-17)7-5-18-9(11-7)6-1-3-13(4-2-6)10(15)16/h5-6,17H,1-4H2,(H,12,14)(H,15,16). The Morgan fingerprint density at radius 1 is 1.44 bits per heavy atom. The van der Waals surface area contributed by atoms with Crippen LogP contribution in [0.2, 0.25) is 0 Å². The van der Waals surface area contributed by atoms with Crippen molar-refractivity contribution in [2.75, 3.05) is 13.1 Å². The van der Waals surface area contributed by atoms with E-state index in [1.165, 1.54) is 21.7 Å². The number of hydroxylamine groups is 1. The molecule has 1 fully saturated rings. The van der Waals surface area contributed by atoms with Gasteiger partial charge in [-0.15, -0.1) is 11.3 Å². The zero-order valence-corrected chi connectivity index (χ0v) is 10.3. The average molecular weight is 271 g/mol. The highest BCUT2D eigenvalue weighted by molar-refractivity contribution is 7.09. The summed E-state index contributed by atoms with van der Waals surface area (Å²) in [5.74, 6) is -0.439. The van der Waals surface area contributed by atoms with Crippen LogP contribution in [0.4, 0.5) is 4.79 Å². The number of hydrogen-bond acceptors (Lipinski definition) is 5. The van der Waals surface area contributed by atoms with Crippen LogP contribution in [-0.4, -0.2) is 45.3 Å². The molecule has 2 heterocycles. The Morgan fingerprint density at radius 2 is 2.11 bits per heavy atom. The Hall–Kier alpha value is -1.67. The van der Waals surface area contributed by atoms with Crippen LogP contribution >= 0.6 is 11.3 Å². The molecule has 1 aliphatic rings. The maximum Gasteiger partial charge on any atom is 0.407 e. The first-order chi connectivity index (χ1) is 8.61. The van der Waals surface area contributed by atoms with Gasteiger partial charge in [-0.2, -0.15) is 0 Å². The molecule has 8 heteroatoms. The lowest BCUT2D eigenvalue weighted by Gasteiger charge is -2.28. The van der Waals surface area contributed by atoms with E-state index in [0.717, 1.165) is 5.01 Å². The molecule has 1 aliphatic heterocycles. The van der Waals surface area contributed by atoms with E-state index < -0.39 is 12.0 Å². The van der Waals surface area contributed by atoms with Crippen molar-refractivity contribution in [2.24, 2.45) is 0 Å². The molecule has 0 saturated carbocycles. The van der Waals surface area contributed by atoms with Crippen LogP contribution < -0.4 is 5.48 Å². The normalized spacial score (nSPS) is 16.6. The van der Waals surface area contributed by atoms with Crippen molar-refractivity contribution in [3.05, 3.63) is 16.1 Å². The summed E-state index contributed by atoms with van der Waals surface area (Å²) in [5.41, 5.74) is 1.73. The maximum atomic E-state index is 11.1. The van der Waals surface area contributed by atoms with Gasteiger partial charge >= 0.3 is 6.09 Å². The SMILES string of the molecule is O=C(NO)c1csc(C2CCN(C(=O)O)CC2)n1. The van der Waals surface area contributed by atoms with Crippen molar-refractivity contribution >= 4 is 23.3 Å². The predicted molar refractivity (Wildman–Crippen MR) is 62.9 cm³/mol. The number of carbonyl (C=O) groups excluding carboxylic acids is 1. The molecule has 1 aromatic rings. The van der Waals surface area contributed by atoms with Gasteiger partial charge in [0, 0.05) is 24.4 Å². The number of piperidine rings is 1. The van der Waals surface area contributed by atoms with E-state index in [1.54, 1.807) is 5.38 Å². The molecule has 2 amide bonds. The van der Waals surface area contributed by atoms with Crippen molar-refractivity contribution in [1.29, 1.82) is 0 Å². The Bertz CT molecular complexity index is 454. The van der Waals surface area contributed by atoms with Gasteiger partial charge in [0.2, 0.25) is 0 Å². The zero-order chi connectivity index (χ0) is 13.1. The molecule has 1 saturated heterocycles. The van der Waals surface area contributed by atoms with Crippen LogP contribution in [0.3, 0.4) is 0 Å². The monoisotopic (exact) mass is 271 g/mol. The lowest BCUT2D eigenvalue weighted by molar-refractivity contribution is 0.0701. The minimum absolute atomic E-state index is 0.186. The van der Waals surface area contributed by atoms with Gasteiger partial charge in [0.15, 0.2) is 0 Å². The van der Waals surface area contributed by atoms with Gasteiger partial charge in [0.1, 0.15) is 5.69 Å². The zero-order valence-electron chi connectivity index (χ0n) is 9.50. The summed E-state index contributed by atoms with van der Waals surface area (Å²) in [6, 6.07) is 0. The first kappa shape index (κ1) is 12.8. The van der Waals surface area contributed by atoms with E-state index in [9.17, 15) is 9.59 Å². The second-order valence-corrected chi connectivity index (χ2v) is 4.95. The number of carbonyl (C=O) groups is 2. The molecule has 0 aliphatic carbocycles. The van der Waals surface area contributed by atoms with Crippen LogP contribution in [0.5, 0.6) is 0 Å². The highest BCUT2D eigenvalue weighted by Crippen LogP contribution is 2.30. The first-order valence-electron chi connectivity index (χ1n) is 5.49. The molecule has 1 aromatic heterocycles. The molecular formula is C10H13N3O4S. The molecule has 0 spiro atoms. The van der Waals surface area contributed by atoms with Gasteiger partial charge in [-0.05, 0) is 12.8 Å². The molecule has 0 aromatic carbocycles. The van der Waals surface area contributed by atoms with E-state index in [4.69, 9.17) is 10.3 Å². The summed E-state index contributed by atoms with van der Waals surface area (Å²) in [7, 11) is 0. The molecular weight excluding hydrogens is 258 g/mol. The van der Waals surface area contributed by atoms with Gasteiger partial charge in [-0.1, -0.05) is 0 Å². The number of rotatable bonds is 2. The van der Waals surface area contributed by atoms with E-state index in [-0.39, 0.29) is 11.6 Å². The fourth-order valence-corrected chi connectivity index (χ4v) is 2.93. The van der Waals surface area contributed by atoms with E-state index >= 15 is 0 Å². The maximum absolute atomic E-state index is 11.1. The van der Waals surface area contributed by atoms with Gasteiger partial charge in [0.05, 0.1) is 5.01 Å². The number of nitrogens with one attached hydrogen (secondary N) is 1. The Balaban J connectivity index is 1.99. The van der Waals surface area contributed by atoms with Crippen LogP contribution in [-0.2, 0) is 0 Å². The summed E-state index contributed by atoms with van der Waals surface area (Å²) in [6.45, 7) is 0.974. The first-order valence-corrected chi connectivity index (χ1v) is 6.37. The lowest BCUT2D eigenvalue weighted by Crippen LogP contribution is -2.36. The number of aromatic nitrogens is 1. The molecule has 3 N–H and O–H groups in total. The second kappa shape index (κ2) is 5.32. The molecule has 0 bridgehead atoms. The molecule has 7 nitrogen and oxygen atoms in total. The van der Waals surface area contributed by atoms with Gasteiger partial charge in [-0.25, -0.2) is 15.3 Å². The fraction of sp³-hybridized carbons (Fsp3) is 0.500. The van der Waals surface area contributed by atoms with Crippen LogP contribution in [0.1, 0.15) is 34.3 Å². The molecule has 0 atom stereocenters. The summed E-state index contributed by atoms with van der Waals surface area (Å²) >= 11 is 1.36. The van der Waals surface area contributed by atoms with Crippen molar-refractivity contribution < 1.29 is 19.9 Å². The van der Waals surface area contributed by atoms with E-state index in [1.807, 2.05) is 0 Å². The van der Waals surface area contributed by atoms with Crippen molar-refractivity contribution in [2.45, 2.75) is 18.8 Å². The lowest BCUT2D eigenvalue weighted by atomic mass is 9.98. The van der Waals surface area contributed by atoms with Gasteiger partial charge in [0.25, 0.3) is 5.91 Å². The Labute approximate surface area is 107 Å². The largest absolute Gasteiger partial charge is 0.465 e. The van der Waals surface area contributed by atoms with Crippen LogP contribution in [0.25, 0.3) is 0 Å². The third-order valence-electron chi connectivity index (χ3n) is 2.97. The summed E-state index contributed by atoms with van der Waals surface area (Å²) in [6.07, 6.45) is 0.521. The second-order valence-electron chi connectivity index (χ2n) is 4.06. The van der Waals surface area contributed by atoms with E-state index in [0.29, 0.717) is 25.9 Å². The summed E-state index contributed by atoms with van der Waals surface area (Å²) in [4.78, 5) is 27.4. The average Bonchev–Trinajstić information content (AvgIpc) is 2.87. The van der Waals surface area contributed by atoms with Crippen molar-refractivity contribution in [3.63, 3.8) is 0 Å². The molecule has 18 heavy (non-hydrogen) atoms. The summed E-state index contributed by atoms with van der Waals surface area (Å²) in [5, 5.41) is 19.7. The van der Waals surface area contributed by atoms with Crippen LogP contribution in [0, 0.1) is 0 Å². The number of hydrogen-bond donors (Lipinski definition) is 3. The van der Waals surface area contributed by atoms with Crippen LogP contribution in [0.15, 0.2) is 5.38 Å². The Morgan fingerprint density at radius 3 is 2.67 bits per heavy atom. The third kappa shape index (κ3) is 2.59. The van der Waals surface area contributed by atoms with Gasteiger partial charge in [-0.3, -0.25) is 10.0 Å². The fourth-order valence-electron chi connectivity index (χ4n) is 1.95. The minimum Gasteiger partial charge on any atom is -0.465 e. The number of likely N-dealkylation sites (tertiary alicyclic amines) is 1. The predicted octanol–water partition coefficient (Wildman–Crippen LogP) is 1.12. The van der Waals surface area contributed by atoms with Gasteiger partial charge < -0.3 is 10.0 Å². The quantitative estimate of drug-likeness (QED) is 0.552. The smallest absolute Gasteiger partial charge is 0.407 e. The minimum atomic E-state index is -0.895. The number of nitrogens with zero attached hydrogens (tertiary/aromatic N) is 2. The highest BCUT2D eigenvalue weighted by Gasteiger charge is 2.25. The third-order valence-corrected chi connectivity index (χ3v) is 3.98. The topological polar surface area (TPSA) is 103 Å². The molecule has 2 rings (SSSR count). The molecule has 0 radical (unpaired) electrons. The number of amides is 2. The van der Waals surface area contributed by atoms with E-state index in [2.05, 4.69) is 4.98 Å². The number of thiazole rings is 1. The molecule has 98 valence electrons. The highest BCUT2D eigenvalue weighted by atomic mass is 32.1. The van der Waals surface area contributed by atoms with Crippen molar-refractivity contribution in [1.82, 2.24) is 15.4 Å².